The van der Waals surface area contributed by atoms with Crippen molar-refractivity contribution >= 4 is 5.91 Å². The Morgan fingerprint density at radius 1 is 1.37 bits per heavy atom. The minimum absolute atomic E-state index is 0.0107. The third-order valence-electron chi connectivity index (χ3n) is 3.24. The summed E-state index contributed by atoms with van der Waals surface area (Å²) >= 11 is 0. The first-order chi connectivity index (χ1) is 9.10. The zero-order valence-electron chi connectivity index (χ0n) is 11.7. The van der Waals surface area contributed by atoms with Crippen molar-refractivity contribution in [3.05, 3.63) is 35.4 Å². The van der Waals surface area contributed by atoms with Crippen LogP contribution >= 0.6 is 0 Å². The molecule has 19 heavy (non-hydrogen) atoms. The molecule has 0 aliphatic heterocycles. The highest BCUT2D eigenvalue weighted by atomic mass is 16.3. The highest BCUT2D eigenvalue weighted by molar-refractivity contribution is 5.95. The normalized spacial score (nSPS) is 12.5. The van der Waals surface area contributed by atoms with Crippen LogP contribution in [-0.4, -0.2) is 30.2 Å². The van der Waals surface area contributed by atoms with Gasteiger partial charge in [-0.1, -0.05) is 32.0 Å². The van der Waals surface area contributed by atoms with E-state index in [1.54, 1.807) is 0 Å². The second kappa shape index (κ2) is 7.92. The number of aliphatic hydroxyl groups is 1. The van der Waals surface area contributed by atoms with E-state index in [9.17, 15) is 4.79 Å². The summed E-state index contributed by atoms with van der Waals surface area (Å²) in [7, 11) is 0. The Bertz CT molecular complexity index is 405. The molecule has 1 atom stereocenters. The number of carbonyl (C=O) groups is 1. The van der Waals surface area contributed by atoms with Gasteiger partial charge in [-0.05, 0) is 36.9 Å². The second-order valence-corrected chi connectivity index (χ2v) is 5.03. The fraction of sp³-hybridized carbons (Fsp3) is 0.533. The Balaban J connectivity index is 2.81. The van der Waals surface area contributed by atoms with Crippen molar-refractivity contribution in [3.63, 3.8) is 0 Å². The molecule has 0 bridgehead atoms. The lowest BCUT2D eigenvalue weighted by molar-refractivity contribution is 0.0915. The molecular weight excluding hydrogens is 240 g/mol. The molecule has 0 spiro atoms. The van der Waals surface area contributed by atoms with Crippen LogP contribution in [0.3, 0.4) is 0 Å². The predicted octanol–water partition coefficient (Wildman–Crippen LogP) is 1.32. The number of nitrogens with two attached hydrogens (primary N) is 1. The first-order valence-electron chi connectivity index (χ1n) is 6.79. The SMILES string of the molecule is CC(C)C(CCO)NC(=O)c1ccccc1CCN. The summed E-state index contributed by atoms with van der Waals surface area (Å²) in [5, 5.41) is 12.0. The Kier molecular flexibility index (Phi) is 6.53. The lowest BCUT2D eigenvalue weighted by Crippen LogP contribution is -2.39. The second-order valence-electron chi connectivity index (χ2n) is 5.03. The van der Waals surface area contributed by atoms with E-state index in [1.807, 2.05) is 38.1 Å². The maximum atomic E-state index is 12.3. The van der Waals surface area contributed by atoms with Gasteiger partial charge in [0.2, 0.25) is 0 Å². The van der Waals surface area contributed by atoms with E-state index < -0.39 is 0 Å². The first kappa shape index (κ1) is 15.7. The molecule has 0 saturated carbocycles. The largest absolute Gasteiger partial charge is 0.396 e. The van der Waals surface area contributed by atoms with Gasteiger partial charge < -0.3 is 16.2 Å². The number of carbonyl (C=O) groups excluding carboxylic acids is 1. The molecule has 1 aromatic carbocycles. The molecule has 0 aliphatic rings. The predicted molar refractivity (Wildman–Crippen MR) is 77.0 cm³/mol. The molecule has 0 heterocycles. The highest BCUT2D eigenvalue weighted by Gasteiger charge is 2.18. The zero-order valence-corrected chi connectivity index (χ0v) is 11.7. The summed E-state index contributed by atoms with van der Waals surface area (Å²) in [6, 6.07) is 7.50. The third kappa shape index (κ3) is 4.65. The van der Waals surface area contributed by atoms with Crippen molar-refractivity contribution in [2.45, 2.75) is 32.7 Å². The van der Waals surface area contributed by atoms with Crippen molar-refractivity contribution in [2.75, 3.05) is 13.2 Å². The number of aliphatic hydroxyl groups excluding tert-OH is 1. The summed E-state index contributed by atoms with van der Waals surface area (Å²) in [6.07, 6.45) is 1.26. The van der Waals surface area contributed by atoms with Crippen LogP contribution in [-0.2, 0) is 6.42 Å². The number of benzene rings is 1. The molecule has 4 N–H and O–H groups in total. The van der Waals surface area contributed by atoms with Crippen LogP contribution in [0.2, 0.25) is 0 Å². The Morgan fingerprint density at radius 3 is 2.63 bits per heavy atom. The molecule has 0 aromatic heterocycles. The van der Waals surface area contributed by atoms with E-state index in [0.717, 1.165) is 5.56 Å². The molecule has 0 saturated heterocycles. The standard InChI is InChI=1S/C15H24N2O2/c1-11(2)14(8-10-18)17-15(19)13-6-4-3-5-12(13)7-9-16/h3-6,11,14,18H,7-10,16H2,1-2H3,(H,17,19). The Morgan fingerprint density at radius 2 is 2.05 bits per heavy atom. The van der Waals surface area contributed by atoms with Crippen molar-refractivity contribution in [3.8, 4) is 0 Å². The minimum Gasteiger partial charge on any atom is -0.396 e. The van der Waals surface area contributed by atoms with E-state index in [-0.39, 0.29) is 24.5 Å². The third-order valence-corrected chi connectivity index (χ3v) is 3.24. The maximum absolute atomic E-state index is 12.3. The Labute approximate surface area is 115 Å². The van der Waals surface area contributed by atoms with E-state index in [4.69, 9.17) is 10.8 Å². The smallest absolute Gasteiger partial charge is 0.251 e. The average molecular weight is 264 g/mol. The van der Waals surface area contributed by atoms with Gasteiger partial charge in [0.05, 0.1) is 0 Å². The number of rotatable bonds is 7. The van der Waals surface area contributed by atoms with Gasteiger partial charge in [-0.15, -0.1) is 0 Å². The molecule has 1 amide bonds. The van der Waals surface area contributed by atoms with E-state index >= 15 is 0 Å². The summed E-state index contributed by atoms with van der Waals surface area (Å²) in [6.45, 7) is 4.67. The topological polar surface area (TPSA) is 75.3 Å². The van der Waals surface area contributed by atoms with Gasteiger partial charge in [0, 0.05) is 18.2 Å². The van der Waals surface area contributed by atoms with Gasteiger partial charge in [0.25, 0.3) is 5.91 Å². The van der Waals surface area contributed by atoms with Gasteiger partial charge in [-0.2, -0.15) is 0 Å². The molecule has 1 unspecified atom stereocenters. The summed E-state index contributed by atoms with van der Waals surface area (Å²) in [4.78, 5) is 12.3. The molecule has 4 heteroatoms. The highest BCUT2D eigenvalue weighted by Crippen LogP contribution is 2.12. The monoisotopic (exact) mass is 264 g/mol. The molecule has 4 nitrogen and oxygen atoms in total. The fourth-order valence-corrected chi connectivity index (χ4v) is 2.07. The number of nitrogens with one attached hydrogen (secondary N) is 1. The molecule has 106 valence electrons. The van der Waals surface area contributed by atoms with Crippen LogP contribution in [0, 0.1) is 5.92 Å². The summed E-state index contributed by atoms with van der Waals surface area (Å²) in [5.41, 5.74) is 7.21. The molecule has 0 radical (unpaired) electrons. The van der Waals surface area contributed by atoms with Gasteiger partial charge in [0.1, 0.15) is 0 Å². The van der Waals surface area contributed by atoms with Crippen molar-refractivity contribution < 1.29 is 9.90 Å². The minimum atomic E-state index is -0.0869. The van der Waals surface area contributed by atoms with Crippen LogP contribution in [0.1, 0.15) is 36.2 Å². The molecule has 0 aliphatic carbocycles. The van der Waals surface area contributed by atoms with Crippen LogP contribution in [0.5, 0.6) is 0 Å². The van der Waals surface area contributed by atoms with Crippen LogP contribution in [0.15, 0.2) is 24.3 Å². The fourth-order valence-electron chi connectivity index (χ4n) is 2.07. The first-order valence-corrected chi connectivity index (χ1v) is 6.79. The molecular formula is C15H24N2O2. The van der Waals surface area contributed by atoms with E-state index in [1.165, 1.54) is 0 Å². The Hall–Kier alpha value is -1.39. The maximum Gasteiger partial charge on any atom is 0.251 e. The van der Waals surface area contributed by atoms with Crippen LogP contribution in [0.4, 0.5) is 0 Å². The molecule has 0 fully saturated rings. The van der Waals surface area contributed by atoms with E-state index in [2.05, 4.69) is 5.32 Å². The van der Waals surface area contributed by atoms with Gasteiger partial charge in [0.15, 0.2) is 0 Å². The average Bonchev–Trinajstić information content (AvgIpc) is 2.39. The summed E-state index contributed by atoms with van der Waals surface area (Å²) in [5.74, 6) is 0.203. The van der Waals surface area contributed by atoms with Crippen molar-refractivity contribution in [1.29, 1.82) is 0 Å². The van der Waals surface area contributed by atoms with E-state index in [0.29, 0.717) is 24.9 Å². The lowest BCUT2D eigenvalue weighted by atomic mass is 9.99. The van der Waals surface area contributed by atoms with Gasteiger partial charge in [-0.25, -0.2) is 0 Å². The van der Waals surface area contributed by atoms with Crippen molar-refractivity contribution in [2.24, 2.45) is 11.7 Å². The molecule has 1 aromatic rings. The lowest BCUT2D eigenvalue weighted by Gasteiger charge is -2.22. The quantitative estimate of drug-likeness (QED) is 0.695. The van der Waals surface area contributed by atoms with Gasteiger partial charge >= 0.3 is 0 Å². The summed E-state index contributed by atoms with van der Waals surface area (Å²) < 4.78 is 0. The van der Waals surface area contributed by atoms with Crippen LogP contribution in [0.25, 0.3) is 0 Å². The van der Waals surface area contributed by atoms with Crippen molar-refractivity contribution in [1.82, 2.24) is 5.32 Å². The molecule has 1 rings (SSSR count). The number of amides is 1. The number of hydrogen-bond acceptors (Lipinski definition) is 3. The number of hydrogen-bond donors (Lipinski definition) is 3. The zero-order chi connectivity index (χ0) is 14.3. The van der Waals surface area contributed by atoms with Crippen LogP contribution < -0.4 is 11.1 Å². The van der Waals surface area contributed by atoms with Gasteiger partial charge in [-0.3, -0.25) is 4.79 Å².